The van der Waals surface area contributed by atoms with E-state index >= 15 is 0 Å². The fourth-order valence-electron chi connectivity index (χ4n) is 2.73. The molecule has 0 atom stereocenters. The van der Waals surface area contributed by atoms with Gasteiger partial charge in [-0.2, -0.15) is 5.10 Å². The molecule has 0 aliphatic carbocycles. The molecule has 11 nitrogen and oxygen atoms in total. The lowest BCUT2D eigenvalue weighted by molar-refractivity contribution is -0.384. The molecule has 0 spiro atoms. The number of rotatable bonds is 8. The smallest absolute Gasteiger partial charge is 0.291 e. The van der Waals surface area contributed by atoms with E-state index in [-0.39, 0.29) is 35.3 Å². The van der Waals surface area contributed by atoms with E-state index in [1.807, 2.05) is 6.92 Å². The molecule has 2 heterocycles. The number of anilines is 1. The van der Waals surface area contributed by atoms with Crippen LogP contribution in [-0.4, -0.2) is 45.5 Å². The number of nitrogens with one attached hydrogen (secondary N) is 1. The zero-order valence-corrected chi connectivity index (χ0v) is 17.2. The van der Waals surface area contributed by atoms with Gasteiger partial charge in [-0.1, -0.05) is 0 Å². The summed E-state index contributed by atoms with van der Waals surface area (Å²) in [5, 5.41) is 17.5. The minimum absolute atomic E-state index is 0.0310. The molecule has 0 unspecified atom stereocenters. The first-order valence-corrected chi connectivity index (χ1v) is 9.35. The third kappa shape index (κ3) is 4.89. The van der Waals surface area contributed by atoms with E-state index in [0.717, 1.165) is 0 Å². The number of carbonyl (C=O) groups is 2. The van der Waals surface area contributed by atoms with E-state index in [1.54, 1.807) is 20.2 Å². The van der Waals surface area contributed by atoms with E-state index in [2.05, 4.69) is 10.4 Å². The molecule has 2 amide bonds. The number of benzene rings is 1. The SMILES string of the molecule is CCn1ncc(NC(=O)c2ccc(COc3ccc([N+](=O)[O-])cc3)o2)c1C(=O)N(C)C. The normalized spacial score (nSPS) is 10.5. The molecular formula is C20H21N5O6. The van der Waals surface area contributed by atoms with E-state index in [1.165, 1.54) is 46.1 Å². The van der Waals surface area contributed by atoms with Crippen molar-refractivity contribution in [1.29, 1.82) is 0 Å². The third-order valence-corrected chi connectivity index (χ3v) is 4.31. The van der Waals surface area contributed by atoms with Crippen molar-refractivity contribution in [3.63, 3.8) is 0 Å². The lowest BCUT2D eigenvalue weighted by atomic mass is 10.3. The van der Waals surface area contributed by atoms with Gasteiger partial charge in [-0.05, 0) is 31.2 Å². The van der Waals surface area contributed by atoms with Crippen molar-refractivity contribution in [1.82, 2.24) is 14.7 Å². The first-order chi connectivity index (χ1) is 14.8. The summed E-state index contributed by atoms with van der Waals surface area (Å²) in [5.41, 5.74) is 0.516. The van der Waals surface area contributed by atoms with E-state index in [0.29, 0.717) is 18.1 Å². The first-order valence-electron chi connectivity index (χ1n) is 9.35. The lowest BCUT2D eigenvalue weighted by Gasteiger charge is -2.13. The lowest BCUT2D eigenvalue weighted by Crippen LogP contribution is -2.26. The van der Waals surface area contributed by atoms with Crippen LogP contribution < -0.4 is 10.1 Å². The number of hydrogen-bond acceptors (Lipinski definition) is 7. The highest BCUT2D eigenvalue weighted by Crippen LogP contribution is 2.21. The monoisotopic (exact) mass is 427 g/mol. The van der Waals surface area contributed by atoms with Crippen LogP contribution >= 0.6 is 0 Å². The maximum absolute atomic E-state index is 12.6. The molecule has 162 valence electrons. The van der Waals surface area contributed by atoms with Crippen molar-refractivity contribution in [3.05, 3.63) is 69.9 Å². The van der Waals surface area contributed by atoms with Crippen molar-refractivity contribution in [2.24, 2.45) is 0 Å². The number of furan rings is 1. The van der Waals surface area contributed by atoms with E-state index in [9.17, 15) is 19.7 Å². The summed E-state index contributed by atoms with van der Waals surface area (Å²) in [6.07, 6.45) is 1.42. The van der Waals surface area contributed by atoms with Crippen LogP contribution in [0.25, 0.3) is 0 Å². The highest BCUT2D eigenvalue weighted by atomic mass is 16.6. The number of nitro benzene ring substituents is 1. The number of carbonyl (C=O) groups excluding carboxylic acids is 2. The van der Waals surface area contributed by atoms with Crippen LogP contribution in [0.3, 0.4) is 0 Å². The standard InChI is InChI=1S/C20H21N5O6/c1-4-24-18(20(27)23(2)3)16(11-21-24)22-19(26)17-10-9-15(31-17)12-30-14-7-5-13(6-8-14)25(28)29/h5-11H,4,12H2,1-3H3,(H,22,26). The molecule has 0 saturated heterocycles. The van der Waals surface area contributed by atoms with Crippen molar-refractivity contribution in [2.45, 2.75) is 20.1 Å². The zero-order valence-electron chi connectivity index (χ0n) is 17.2. The summed E-state index contributed by atoms with van der Waals surface area (Å²) in [4.78, 5) is 36.6. The highest BCUT2D eigenvalue weighted by Gasteiger charge is 2.22. The van der Waals surface area contributed by atoms with Crippen LogP contribution in [0.4, 0.5) is 11.4 Å². The Bertz CT molecular complexity index is 1100. The van der Waals surface area contributed by atoms with Gasteiger partial charge in [0.1, 0.15) is 23.8 Å². The second-order valence-corrected chi connectivity index (χ2v) is 6.68. The molecule has 0 bridgehead atoms. The predicted octanol–water partition coefficient (Wildman–Crippen LogP) is 2.94. The summed E-state index contributed by atoms with van der Waals surface area (Å²) in [5.74, 6) is 0.0234. The van der Waals surface area contributed by atoms with Crippen LogP contribution in [-0.2, 0) is 13.2 Å². The predicted molar refractivity (Wildman–Crippen MR) is 110 cm³/mol. The maximum atomic E-state index is 12.6. The van der Waals surface area contributed by atoms with Crippen LogP contribution in [0, 0.1) is 10.1 Å². The number of amides is 2. The van der Waals surface area contributed by atoms with Crippen LogP contribution in [0.2, 0.25) is 0 Å². The summed E-state index contributed by atoms with van der Waals surface area (Å²) < 4.78 is 12.5. The van der Waals surface area contributed by atoms with Gasteiger partial charge >= 0.3 is 0 Å². The van der Waals surface area contributed by atoms with Gasteiger partial charge in [0.05, 0.1) is 16.8 Å². The second kappa shape index (κ2) is 9.11. The van der Waals surface area contributed by atoms with E-state index < -0.39 is 10.8 Å². The maximum Gasteiger partial charge on any atom is 0.291 e. The third-order valence-electron chi connectivity index (χ3n) is 4.31. The molecule has 0 radical (unpaired) electrons. The number of aromatic nitrogens is 2. The van der Waals surface area contributed by atoms with Gasteiger partial charge in [0.2, 0.25) is 0 Å². The summed E-state index contributed by atoms with van der Waals surface area (Å²) in [6.45, 7) is 2.34. The number of nitro groups is 1. The molecular weight excluding hydrogens is 406 g/mol. The van der Waals surface area contributed by atoms with Gasteiger partial charge in [-0.25, -0.2) is 0 Å². The molecule has 2 aromatic heterocycles. The van der Waals surface area contributed by atoms with Gasteiger partial charge in [-0.3, -0.25) is 24.4 Å². The van der Waals surface area contributed by atoms with E-state index in [4.69, 9.17) is 9.15 Å². The molecule has 31 heavy (non-hydrogen) atoms. The van der Waals surface area contributed by atoms with Gasteiger partial charge in [0.15, 0.2) is 5.76 Å². The fourth-order valence-corrected chi connectivity index (χ4v) is 2.73. The molecule has 1 N–H and O–H groups in total. The number of nitrogens with zero attached hydrogens (tertiary/aromatic N) is 4. The Hall–Kier alpha value is -4.15. The summed E-state index contributed by atoms with van der Waals surface area (Å²) in [6, 6.07) is 8.69. The highest BCUT2D eigenvalue weighted by molar-refractivity contribution is 6.07. The minimum atomic E-state index is -0.537. The first kappa shape index (κ1) is 21.6. The molecule has 3 rings (SSSR count). The average Bonchev–Trinajstić information content (AvgIpc) is 3.38. The average molecular weight is 427 g/mol. The topological polar surface area (TPSA) is 133 Å². The van der Waals surface area contributed by atoms with Gasteiger partial charge < -0.3 is 19.4 Å². The van der Waals surface area contributed by atoms with Crippen LogP contribution in [0.5, 0.6) is 5.75 Å². The Kier molecular flexibility index (Phi) is 6.34. The minimum Gasteiger partial charge on any atom is -0.486 e. The number of aryl methyl sites for hydroxylation is 1. The summed E-state index contributed by atoms with van der Waals surface area (Å²) >= 11 is 0. The van der Waals surface area contributed by atoms with Crippen molar-refractivity contribution < 1.29 is 23.7 Å². The van der Waals surface area contributed by atoms with Crippen LogP contribution in [0.1, 0.15) is 33.7 Å². The molecule has 3 aromatic rings. The number of ether oxygens (including phenoxy) is 1. The summed E-state index contributed by atoms with van der Waals surface area (Å²) in [7, 11) is 3.23. The van der Waals surface area contributed by atoms with Crippen molar-refractivity contribution in [2.75, 3.05) is 19.4 Å². The van der Waals surface area contributed by atoms with Crippen LogP contribution in [0.15, 0.2) is 47.0 Å². The fraction of sp³-hybridized carbons (Fsp3) is 0.250. The van der Waals surface area contributed by atoms with Gasteiger partial charge in [0.25, 0.3) is 17.5 Å². The molecule has 11 heteroatoms. The molecule has 0 aliphatic rings. The molecule has 0 fully saturated rings. The Morgan fingerprint density at radius 3 is 2.55 bits per heavy atom. The Morgan fingerprint density at radius 1 is 1.23 bits per heavy atom. The molecule has 1 aromatic carbocycles. The van der Waals surface area contributed by atoms with Crippen molar-refractivity contribution >= 4 is 23.2 Å². The Morgan fingerprint density at radius 2 is 1.94 bits per heavy atom. The largest absolute Gasteiger partial charge is 0.486 e. The van der Waals surface area contributed by atoms with Crippen molar-refractivity contribution in [3.8, 4) is 5.75 Å². The zero-order chi connectivity index (χ0) is 22.5. The molecule has 0 saturated carbocycles. The molecule has 0 aliphatic heterocycles. The van der Waals surface area contributed by atoms with Gasteiger partial charge in [0, 0.05) is 32.8 Å². The quantitative estimate of drug-likeness (QED) is 0.432. The Labute approximate surface area is 177 Å². The number of non-ortho nitro benzene ring substituents is 1. The number of hydrogen-bond donors (Lipinski definition) is 1. The Balaban J connectivity index is 1.66. The van der Waals surface area contributed by atoms with Gasteiger partial charge in [-0.15, -0.1) is 0 Å². The second-order valence-electron chi connectivity index (χ2n) is 6.68.